The number of nitrogens with zero attached hydrogens (tertiary/aromatic N) is 2. The van der Waals surface area contributed by atoms with Crippen molar-refractivity contribution >= 4 is 23.2 Å². The molecule has 1 heterocycles. The van der Waals surface area contributed by atoms with Crippen molar-refractivity contribution in [3.05, 3.63) is 28.2 Å². The van der Waals surface area contributed by atoms with Crippen LogP contribution in [-0.4, -0.2) is 35.3 Å². The molecule has 0 radical (unpaired) electrons. The van der Waals surface area contributed by atoms with E-state index in [0.717, 1.165) is 10.7 Å². The summed E-state index contributed by atoms with van der Waals surface area (Å²) in [5.41, 5.74) is 1.08. The molecule has 1 aromatic heterocycles. The van der Waals surface area contributed by atoms with Crippen molar-refractivity contribution in [2.24, 2.45) is 0 Å². The van der Waals surface area contributed by atoms with E-state index in [1.54, 1.807) is 18.4 Å². The average molecular weight is 295 g/mol. The summed E-state index contributed by atoms with van der Waals surface area (Å²) in [4.78, 5) is 30.0. The van der Waals surface area contributed by atoms with E-state index >= 15 is 0 Å². The molecule has 0 bridgehead atoms. The molecule has 1 N–H and O–H groups in total. The molecule has 0 saturated heterocycles. The van der Waals surface area contributed by atoms with Crippen LogP contribution < -0.4 is 5.32 Å². The maximum Gasteiger partial charge on any atom is 0.246 e. The van der Waals surface area contributed by atoms with Gasteiger partial charge >= 0.3 is 0 Å². The van der Waals surface area contributed by atoms with Gasteiger partial charge in [0, 0.05) is 11.9 Å². The minimum absolute atomic E-state index is 0.0201. The Balaban J connectivity index is 2.51. The molecule has 0 aliphatic heterocycles. The summed E-state index contributed by atoms with van der Waals surface area (Å²) in [6, 6.07) is 0. The minimum Gasteiger partial charge on any atom is -0.348 e. The monoisotopic (exact) mass is 295 g/mol. The summed E-state index contributed by atoms with van der Waals surface area (Å²) in [5.74, 6) is -0.0963. The van der Waals surface area contributed by atoms with Gasteiger partial charge in [0.1, 0.15) is 5.01 Å². The molecule has 110 valence electrons. The molecule has 5 nitrogen and oxygen atoms in total. The fraction of sp³-hybridized carbons (Fsp3) is 0.500. The molecule has 20 heavy (non-hydrogen) atoms. The highest BCUT2D eigenvalue weighted by Crippen LogP contribution is 2.23. The second-order valence-electron chi connectivity index (χ2n) is 4.88. The second-order valence-corrected chi connectivity index (χ2v) is 6.17. The molecule has 0 aromatic carbocycles. The van der Waals surface area contributed by atoms with E-state index < -0.39 is 0 Å². The molecule has 1 aromatic rings. The highest BCUT2D eigenvalue weighted by atomic mass is 32.1. The van der Waals surface area contributed by atoms with Gasteiger partial charge in [-0.15, -0.1) is 11.3 Å². The molecule has 0 unspecified atom stereocenters. The molecule has 6 heteroatoms. The van der Waals surface area contributed by atoms with Crippen molar-refractivity contribution in [2.75, 3.05) is 13.6 Å². The Kier molecular flexibility index (Phi) is 5.88. The van der Waals surface area contributed by atoms with E-state index in [1.165, 1.54) is 15.9 Å². The molecule has 0 aliphatic carbocycles. The first kappa shape index (κ1) is 16.4. The maximum absolute atomic E-state index is 11.7. The topological polar surface area (TPSA) is 62.3 Å². The largest absolute Gasteiger partial charge is 0.348 e. The van der Waals surface area contributed by atoms with Crippen molar-refractivity contribution in [1.82, 2.24) is 15.2 Å². The molecular weight excluding hydrogens is 274 g/mol. The summed E-state index contributed by atoms with van der Waals surface area (Å²) < 4.78 is 0. The third-order valence-corrected chi connectivity index (χ3v) is 3.78. The Bertz CT molecular complexity index is 509. The number of carbonyl (C=O) groups excluding carboxylic acids is 2. The summed E-state index contributed by atoms with van der Waals surface area (Å²) >= 11 is 1.59. The van der Waals surface area contributed by atoms with Gasteiger partial charge in [0.2, 0.25) is 11.8 Å². The zero-order chi connectivity index (χ0) is 15.3. The summed E-state index contributed by atoms with van der Waals surface area (Å²) in [6.45, 7) is 10.0. The van der Waals surface area contributed by atoms with E-state index in [-0.39, 0.29) is 18.4 Å². The minimum atomic E-state index is -0.271. The lowest BCUT2D eigenvalue weighted by atomic mass is 10.1. The van der Waals surface area contributed by atoms with Crippen molar-refractivity contribution in [1.29, 1.82) is 0 Å². The number of nitrogens with one attached hydrogen (secondary N) is 1. The van der Waals surface area contributed by atoms with Gasteiger partial charge in [0.25, 0.3) is 0 Å². The molecule has 0 spiro atoms. The molecular formula is C14H21N3O2S. The van der Waals surface area contributed by atoms with Gasteiger partial charge < -0.3 is 10.2 Å². The lowest BCUT2D eigenvalue weighted by Crippen LogP contribution is -2.37. The van der Waals surface area contributed by atoms with Crippen LogP contribution in [0.15, 0.2) is 12.7 Å². The predicted octanol–water partition coefficient (Wildman–Crippen LogP) is 1.84. The van der Waals surface area contributed by atoms with E-state index in [2.05, 4.69) is 30.7 Å². The predicted molar refractivity (Wildman–Crippen MR) is 80.6 cm³/mol. The van der Waals surface area contributed by atoms with Crippen LogP contribution in [0.5, 0.6) is 0 Å². The van der Waals surface area contributed by atoms with Gasteiger partial charge in [0.05, 0.1) is 18.8 Å². The average Bonchev–Trinajstić information content (AvgIpc) is 2.76. The smallest absolute Gasteiger partial charge is 0.246 e. The fourth-order valence-electron chi connectivity index (χ4n) is 1.76. The zero-order valence-electron chi connectivity index (χ0n) is 12.4. The molecule has 1 rings (SSSR count). The first-order valence-corrected chi connectivity index (χ1v) is 7.27. The molecule has 0 aliphatic rings. The first-order valence-electron chi connectivity index (χ1n) is 6.45. The first-order chi connectivity index (χ1) is 9.35. The van der Waals surface area contributed by atoms with E-state index in [0.29, 0.717) is 12.5 Å². The molecule has 2 amide bonds. The standard InChI is InChI=1S/C14H21N3O2S/c1-6-13(19)17(5)8-11(18)15-7-12-16-14(9(2)3)10(4)20-12/h6,9H,1,7-8H2,2-5H3,(H,15,18). The van der Waals surface area contributed by atoms with Crippen LogP contribution >= 0.6 is 11.3 Å². The van der Waals surface area contributed by atoms with Gasteiger partial charge in [-0.2, -0.15) is 0 Å². The Morgan fingerprint density at radius 3 is 2.65 bits per heavy atom. The number of aromatic nitrogens is 1. The van der Waals surface area contributed by atoms with Gasteiger partial charge in [-0.25, -0.2) is 4.98 Å². The van der Waals surface area contributed by atoms with Crippen LogP contribution in [0.2, 0.25) is 0 Å². The van der Waals surface area contributed by atoms with Crippen LogP contribution in [-0.2, 0) is 16.1 Å². The number of rotatable bonds is 6. The number of hydrogen-bond acceptors (Lipinski definition) is 4. The lowest BCUT2D eigenvalue weighted by molar-refractivity contribution is -0.131. The van der Waals surface area contributed by atoms with Crippen LogP contribution in [0.25, 0.3) is 0 Å². The van der Waals surface area contributed by atoms with E-state index in [9.17, 15) is 9.59 Å². The lowest BCUT2D eigenvalue weighted by Gasteiger charge is -2.14. The van der Waals surface area contributed by atoms with E-state index in [4.69, 9.17) is 0 Å². The van der Waals surface area contributed by atoms with Crippen LogP contribution in [0.3, 0.4) is 0 Å². The number of thiazole rings is 1. The van der Waals surface area contributed by atoms with Crippen molar-refractivity contribution in [3.8, 4) is 0 Å². The number of carbonyl (C=O) groups is 2. The fourth-order valence-corrected chi connectivity index (χ4v) is 2.78. The van der Waals surface area contributed by atoms with Crippen LogP contribution in [0, 0.1) is 6.92 Å². The van der Waals surface area contributed by atoms with E-state index in [1.807, 2.05) is 6.92 Å². The molecule has 0 fully saturated rings. The zero-order valence-corrected chi connectivity index (χ0v) is 13.2. The van der Waals surface area contributed by atoms with Gasteiger partial charge in [0.15, 0.2) is 0 Å². The highest BCUT2D eigenvalue weighted by Gasteiger charge is 2.13. The normalized spacial score (nSPS) is 10.4. The molecule has 0 atom stereocenters. The van der Waals surface area contributed by atoms with Gasteiger partial charge in [-0.3, -0.25) is 9.59 Å². The number of aryl methyl sites for hydroxylation is 1. The van der Waals surface area contributed by atoms with Gasteiger partial charge in [-0.05, 0) is 18.9 Å². The summed E-state index contributed by atoms with van der Waals surface area (Å²) in [5, 5.41) is 3.66. The Labute approximate surface area is 123 Å². The van der Waals surface area contributed by atoms with Crippen molar-refractivity contribution in [2.45, 2.75) is 33.2 Å². The number of likely N-dealkylation sites (N-methyl/N-ethyl adjacent to an activating group) is 1. The Hall–Kier alpha value is -1.69. The number of amides is 2. The third-order valence-electron chi connectivity index (χ3n) is 2.79. The SMILES string of the molecule is C=CC(=O)N(C)CC(=O)NCc1nc(C(C)C)c(C)s1. The van der Waals surface area contributed by atoms with Gasteiger partial charge in [-0.1, -0.05) is 20.4 Å². The quantitative estimate of drug-likeness (QED) is 0.815. The highest BCUT2D eigenvalue weighted by molar-refractivity contribution is 7.11. The maximum atomic E-state index is 11.7. The third kappa shape index (κ3) is 4.45. The van der Waals surface area contributed by atoms with Crippen LogP contribution in [0.4, 0.5) is 0 Å². The summed E-state index contributed by atoms with van der Waals surface area (Å²) in [7, 11) is 1.56. The van der Waals surface area contributed by atoms with Crippen molar-refractivity contribution < 1.29 is 9.59 Å². The van der Waals surface area contributed by atoms with Crippen LogP contribution in [0.1, 0.15) is 35.3 Å². The molecule has 0 saturated carbocycles. The second kappa shape index (κ2) is 7.19. The number of hydrogen-bond donors (Lipinski definition) is 1. The Morgan fingerprint density at radius 1 is 1.50 bits per heavy atom. The Morgan fingerprint density at radius 2 is 2.15 bits per heavy atom. The van der Waals surface area contributed by atoms with Crippen molar-refractivity contribution in [3.63, 3.8) is 0 Å². The summed E-state index contributed by atoms with van der Waals surface area (Å²) in [6.07, 6.45) is 1.19.